The molecule has 0 bridgehead atoms. The van der Waals surface area contributed by atoms with Gasteiger partial charge in [0, 0.05) is 23.3 Å². The molecule has 2 aliphatic rings. The molecule has 2 heterocycles. The summed E-state index contributed by atoms with van der Waals surface area (Å²) in [5, 5.41) is 3.93. The molecule has 2 aliphatic heterocycles. The van der Waals surface area contributed by atoms with Crippen molar-refractivity contribution < 1.29 is 8.42 Å². The molecule has 0 spiro atoms. The largest absolute Gasteiger partial charge is 0.368 e. The molecule has 0 saturated carbocycles. The number of nitrogens with one attached hydrogen (secondary N) is 1. The fourth-order valence-corrected chi connectivity index (χ4v) is 5.26. The Bertz CT molecular complexity index is 879. The summed E-state index contributed by atoms with van der Waals surface area (Å²) >= 11 is 5.87. The number of benzene rings is 2. The zero-order valence-corrected chi connectivity index (χ0v) is 16.7. The van der Waals surface area contributed by atoms with Crippen LogP contribution < -0.4 is 10.2 Å². The van der Waals surface area contributed by atoms with Crippen molar-refractivity contribution in [2.45, 2.75) is 35.1 Å². The molecule has 0 radical (unpaired) electrons. The third-order valence-electron chi connectivity index (χ3n) is 5.17. The van der Waals surface area contributed by atoms with Gasteiger partial charge in [0.05, 0.1) is 9.79 Å². The van der Waals surface area contributed by atoms with E-state index in [2.05, 4.69) is 10.2 Å². The maximum absolute atomic E-state index is 12.9. The van der Waals surface area contributed by atoms with Crippen molar-refractivity contribution in [2.75, 3.05) is 24.5 Å². The van der Waals surface area contributed by atoms with Gasteiger partial charge in [-0.3, -0.25) is 0 Å². The van der Waals surface area contributed by atoms with Crippen molar-refractivity contribution in [3.05, 3.63) is 53.1 Å². The van der Waals surface area contributed by atoms with E-state index in [-0.39, 0.29) is 17.3 Å². The minimum absolute atomic E-state index is 0. The molecule has 7 heteroatoms. The SMILES string of the molecule is Cl.O=S(=O)(c1ccc(Cl)cc1)c1ccc2c(c1)CCN2C1CCNCC1. The Morgan fingerprint density at radius 1 is 1.00 bits per heavy atom. The van der Waals surface area contributed by atoms with Crippen LogP contribution in [-0.4, -0.2) is 34.1 Å². The van der Waals surface area contributed by atoms with E-state index in [1.807, 2.05) is 12.1 Å². The zero-order valence-electron chi connectivity index (χ0n) is 14.3. The molecule has 0 amide bonds. The topological polar surface area (TPSA) is 49.4 Å². The second kappa shape index (κ2) is 7.77. The predicted molar refractivity (Wildman–Crippen MR) is 108 cm³/mol. The lowest BCUT2D eigenvalue weighted by atomic mass is 10.0. The molecule has 1 saturated heterocycles. The van der Waals surface area contributed by atoms with Crippen LogP contribution in [0.2, 0.25) is 5.02 Å². The second-order valence-electron chi connectivity index (χ2n) is 6.67. The first-order valence-electron chi connectivity index (χ1n) is 8.67. The molecule has 0 atom stereocenters. The van der Waals surface area contributed by atoms with Crippen LogP contribution in [0.5, 0.6) is 0 Å². The molecular formula is C19H22Cl2N2O2S. The van der Waals surface area contributed by atoms with Gasteiger partial charge in [-0.25, -0.2) is 8.42 Å². The molecule has 2 aromatic rings. The second-order valence-corrected chi connectivity index (χ2v) is 9.06. The fourth-order valence-electron chi connectivity index (χ4n) is 3.82. The molecule has 1 N–H and O–H groups in total. The van der Waals surface area contributed by atoms with Crippen LogP contribution in [0.25, 0.3) is 0 Å². The van der Waals surface area contributed by atoms with Gasteiger partial charge in [0.15, 0.2) is 0 Å². The van der Waals surface area contributed by atoms with E-state index in [9.17, 15) is 8.42 Å². The van der Waals surface area contributed by atoms with Crippen LogP contribution in [0.4, 0.5) is 5.69 Å². The molecule has 0 unspecified atom stereocenters. The van der Waals surface area contributed by atoms with Crippen LogP contribution in [0, 0.1) is 0 Å². The number of piperidine rings is 1. The van der Waals surface area contributed by atoms with Crippen molar-refractivity contribution in [3.8, 4) is 0 Å². The van der Waals surface area contributed by atoms with E-state index < -0.39 is 9.84 Å². The summed E-state index contributed by atoms with van der Waals surface area (Å²) in [6.07, 6.45) is 3.19. The normalized spacial score (nSPS) is 17.7. The number of hydrogen-bond acceptors (Lipinski definition) is 4. The lowest BCUT2D eigenvalue weighted by Crippen LogP contribution is -2.42. The maximum Gasteiger partial charge on any atom is 0.206 e. The maximum atomic E-state index is 12.9. The molecule has 1 fully saturated rings. The third-order valence-corrected chi connectivity index (χ3v) is 7.19. The number of halogens is 2. The molecule has 2 aromatic carbocycles. The number of anilines is 1. The van der Waals surface area contributed by atoms with Crippen molar-refractivity contribution in [1.29, 1.82) is 0 Å². The zero-order chi connectivity index (χ0) is 17.4. The Kier molecular flexibility index (Phi) is 5.82. The van der Waals surface area contributed by atoms with Gasteiger partial charge >= 0.3 is 0 Å². The average molecular weight is 413 g/mol. The Labute approximate surface area is 165 Å². The van der Waals surface area contributed by atoms with Gasteiger partial charge in [0.25, 0.3) is 0 Å². The number of sulfone groups is 1. The number of hydrogen-bond donors (Lipinski definition) is 1. The highest BCUT2D eigenvalue weighted by Crippen LogP contribution is 2.34. The van der Waals surface area contributed by atoms with Gasteiger partial charge in [0.2, 0.25) is 9.84 Å². The summed E-state index contributed by atoms with van der Waals surface area (Å²) in [7, 11) is -3.51. The smallest absolute Gasteiger partial charge is 0.206 e. The van der Waals surface area contributed by atoms with E-state index in [0.29, 0.717) is 16.0 Å². The summed E-state index contributed by atoms with van der Waals surface area (Å²) in [6.45, 7) is 3.09. The molecular weight excluding hydrogens is 391 g/mol. The van der Waals surface area contributed by atoms with E-state index in [1.165, 1.54) is 5.69 Å². The van der Waals surface area contributed by atoms with Crippen LogP contribution in [0.3, 0.4) is 0 Å². The van der Waals surface area contributed by atoms with Crippen LogP contribution in [0.15, 0.2) is 52.3 Å². The first kappa shape index (κ1) is 19.5. The van der Waals surface area contributed by atoms with E-state index in [0.717, 1.165) is 44.5 Å². The lowest BCUT2D eigenvalue weighted by molar-refractivity contribution is 0.435. The summed E-state index contributed by atoms with van der Waals surface area (Å²) in [5.74, 6) is 0. The Morgan fingerprint density at radius 2 is 1.65 bits per heavy atom. The predicted octanol–water partition coefficient (Wildman–Crippen LogP) is 3.71. The van der Waals surface area contributed by atoms with Crippen molar-refractivity contribution in [1.82, 2.24) is 5.32 Å². The van der Waals surface area contributed by atoms with E-state index >= 15 is 0 Å². The van der Waals surface area contributed by atoms with Crippen molar-refractivity contribution >= 4 is 39.5 Å². The molecule has 26 heavy (non-hydrogen) atoms. The van der Waals surface area contributed by atoms with Gasteiger partial charge < -0.3 is 10.2 Å². The van der Waals surface area contributed by atoms with Gasteiger partial charge in [-0.1, -0.05) is 11.6 Å². The van der Waals surface area contributed by atoms with E-state index in [4.69, 9.17) is 11.6 Å². The van der Waals surface area contributed by atoms with Gasteiger partial charge in [-0.05, 0) is 80.4 Å². The summed E-state index contributed by atoms with van der Waals surface area (Å²) < 4.78 is 25.7. The quantitative estimate of drug-likeness (QED) is 0.834. The summed E-state index contributed by atoms with van der Waals surface area (Å²) in [5.41, 5.74) is 2.33. The highest BCUT2D eigenvalue weighted by atomic mass is 35.5. The minimum Gasteiger partial charge on any atom is -0.368 e. The molecule has 4 rings (SSSR count). The Hall–Kier alpha value is -1.27. The first-order chi connectivity index (χ1) is 12.1. The Morgan fingerprint density at radius 3 is 2.35 bits per heavy atom. The highest BCUT2D eigenvalue weighted by molar-refractivity contribution is 7.91. The minimum atomic E-state index is -3.51. The van der Waals surface area contributed by atoms with E-state index in [1.54, 1.807) is 30.3 Å². The van der Waals surface area contributed by atoms with Crippen molar-refractivity contribution in [3.63, 3.8) is 0 Å². The standard InChI is InChI=1S/C19H21ClN2O2S.ClH/c20-15-1-3-17(4-2-15)25(23,24)18-5-6-19-14(13-18)9-12-22(19)16-7-10-21-11-8-16;/h1-6,13,16,21H,7-12H2;1H. The van der Waals surface area contributed by atoms with Crippen LogP contribution in [0.1, 0.15) is 18.4 Å². The van der Waals surface area contributed by atoms with Crippen molar-refractivity contribution in [2.24, 2.45) is 0 Å². The third kappa shape index (κ3) is 3.58. The molecule has 0 aliphatic carbocycles. The fraction of sp³-hybridized carbons (Fsp3) is 0.368. The summed E-state index contributed by atoms with van der Waals surface area (Å²) in [6, 6.07) is 12.5. The van der Waals surface area contributed by atoms with Gasteiger partial charge in [-0.2, -0.15) is 0 Å². The Balaban J connectivity index is 0.00000196. The monoisotopic (exact) mass is 412 g/mol. The van der Waals surface area contributed by atoms with Crippen LogP contribution in [-0.2, 0) is 16.3 Å². The average Bonchev–Trinajstić information content (AvgIpc) is 3.06. The molecule has 0 aromatic heterocycles. The number of rotatable bonds is 3. The van der Waals surface area contributed by atoms with Gasteiger partial charge in [-0.15, -0.1) is 12.4 Å². The first-order valence-corrected chi connectivity index (χ1v) is 10.5. The highest BCUT2D eigenvalue weighted by Gasteiger charge is 2.28. The van der Waals surface area contributed by atoms with Gasteiger partial charge in [0.1, 0.15) is 0 Å². The number of fused-ring (bicyclic) bond motifs is 1. The molecule has 4 nitrogen and oxygen atoms in total. The molecule has 140 valence electrons. The lowest BCUT2D eigenvalue weighted by Gasteiger charge is -2.33. The summed E-state index contributed by atoms with van der Waals surface area (Å²) in [4.78, 5) is 3.10. The number of nitrogens with zero attached hydrogens (tertiary/aromatic N) is 1. The van der Waals surface area contributed by atoms with Crippen LogP contribution >= 0.6 is 24.0 Å².